The third-order valence-electron chi connectivity index (χ3n) is 5.42. The fourth-order valence-corrected chi connectivity index (χ4v) is 4.09. The molecule has 0 spiro atoms. The highest BCUT2D eigenvalue weighted by molar-refractivity contribution is 5.99. The summed E-state index contributed by atoms with van der Waals surface area (Å²) in [5, 5.41) is 31.5. The van der Waals surface area contributed by atoms with E-state index in [1.54, 1.807) is 19.2 Å². The molecule has 0 amide bonds. The standard InChI is InChI=1S/C20H23F3N8O/c1-11-7-12(32)9-30(11)16-8-15(13(25-2)3-5-24)27-18-17(14-4-6-26-28-14)29-31(19(16)18)10-20(21,22)23/h3-6,8,11-12,24-25,32H,7,9-10H2,1-2H3,(H,26,28)/b13-3-,24-5?/t11-,12+/m1/s1. The van der Waals surface area contributed by atoms with Crippen LogP contribution >= 0.6 is 0 Å². The summed E-state index contributed by atoms with van der Waals surface area (Å²) in [5.41, 5.74) is 2.62. The molecule has 9 nitrogen and oxygen atoms in total. The highest BCUT2D eigenvalue weighted by Gasteiger charge is 2.35. The number of aromatic amines is 1. The normalized spacial score (nSPS) is 19.7. The van der Waals surface area contributed by atoms with E-state index in [1.807, 2.05) is 11.8 Å². The summed E-state index contributed by atoms with van der Waals surface area (Å²) >= 11 is 0. The highest BCUT2D eigenvalue weighted by Crippen LogP contribution is 2.38. The zero-order chi connectivity index (χ0) is 23.0. The lowest BCUT2D eigenvalue weighted by atomic mass is 10.1. The molecular weight excluding hydrogens is 425 g/mol. The van der Waals surface area contributed by atoms with Crippen LogP contribution in [0.15, 0.2) is 24.4 Å². The first-order valence-corrected chi connectivity index (χ1v) is 10.0. The fourth-order valence-electron chi connectivity index (χ4n) is 4.09. The summed E-state index contributed by atoms with van der Waals surface area (Å²) in [5.74, 6) is 0. The van der Waals surface area contributed by atoms with E-state index in [0.717, 1.165) is 10.9 Å². The van der Waals surface area contributed by atoms with Crippen LogP contribution in [0.1, 0.15) is 19.0 Å². The molecule has 32 heavy (non-hydrogen) atoms. The number of nitrogens with zero attached hydrogens (tertiary/aromatic N) is 5. The average molecular weight is 448 g/mol. The van der Waals surface area contributed by atoms with Gasteiger partial charge in [-0.2, -0.15) is 23.4 Å². The third-order valence-corrected chi connectivity index (χ3v) is 5.42. The van der Waals surface area contributed by atoms with Crippen molar-refractivity contribution < 1.29 is 18.3 Å². The molecule has 1 aliphatic heterocycles. The first-order valence-electron chi connectivity index (χ1n) is 10.0. The number of pyridine rings is 1. The van der Waals surface area contributed by atoms with Crippen molar-refractivity contribution in [3.8, 4) is 11.4 Å². The summed E-state index contributed by atoms with van der Waals surface area (Å²) < 4.78 is 41.2. The molecule has 0 aliphatic carbocycles. The Morgan fingerprint density at radius 3 is 2.78 bits per heavy atom. The van der Waals surface area contributed by atoms with Gasteiger partial charge in [-0.3, -0.25) is 9.78 Å². The predicted octanol–water partition coefficient (Wildman–Crippen LogP) is 2.55. The maximum atomic E-state index is 13.4. The number of aliphatic hydroxyl groups excluding tert-OH is 1. The lowest BCUT2D eigenvalue weighted by molar-refractivity contribution is -0.141. The minimum absolute atomic E-state index is 0.0990. The number of aromatic nitrogens is 5. The van der Waals surface area contributed by atoms with Gasteiger partial charge in [-0.05, 0) is 31.6 Å². The van der Waals surface area contributed by atoms with Gasteiger partial charge in [-0.25, -0.2) is 4.98 Å². The smallest absolute Gasteiger partial charge is 0.391 e. The second-order valence-corrected chi connectivity index (χ2v) is 7.70. The van der Waals surface area contributed by atoms with Crippen LogP contribution in [-0.4, -0.2) is 68.2 Å². The van der Waals surface area contributed by atoms with Crippen molar-refractivity contribution in [2.45, 2.75) is 38.2 Å². The first kappa shape index (κ1) is 21.8. The van der Waals surface area contributed by atoms with E-state index in [0.29, 0.717) is 29.2 Å². The zero-order valence-electron chi connectivity index (χ0n) is 17.5. The number of anilines is 1. The third kappa shape index (κ3) is 4.05. The lowest BCUT2D eigenvalue weighted by Crippen LogP contribution is -2.29. The topological polar surface area (TPSA) is 119 Å². The zero-order valence-corrected chi connectivity index (χ0v) is 17.5. The predicted molar refractivity (Wildman–Crippen MR) is 114 cm³/mol. The number of rotatable bonds is 6. The van der Waals surface area contributed by atoms with E-state index in [4.69, 9.17) is 5.41 Å². The minimum atomic E-state index is -4.49. The molecule has 4 heterocycles. The van der Waals surface area contributed by atoms with Crippen LogP contribution in [0.25, 0.3) is 28.1 Å². The maximum Gasteiger partial charge on any atom is 0.408 e. The van der Waals surface area contributed by atoms with E-state index >= 15 is 0 Å². The molecule has 0 unspecified atom stereocenters. The van der Waals surface area contributed by atoms with Crippen molar-refractivity contribution in [1.29, 1.82) is 5.41 Å². The second-order valence-electron chi connectivity index (χ2n) is 7.70. The Bertz CT molecular complexity index is 1150. The monoisotopic (exact) mass is 448 g/mol. The molecule has 1 fully saturated rings. The Labute approximate surface area is 181 Å². The molecule has 12 heteroatoms. The number of nitrogens with one attached hydrogen (secondary N) is 3. The lowest BCUT2D eigenvalue weighted by Gasteiger charge is -2.25. The van der Waals surface area contributed by atoms with Gasteiger partial charge in [0.25, 0.3) is 0 Å². The number of allylic oxidation sites excluding steroid dienone is 1. The van der Waals surface area contributed by atoms with E-state index in [2.05, 4.69) is 25.6 Å². The number of aliphatic hydroxyl groups is 1. The molecule has 2 atom stereocenters. The fraction of sp³-hybridized carbons (Fsp3) is 0.400. The van der Waals surface area contributed by atoms with Crippen LogP contribution in [0.2, 0.25) is 0 Å². The maximum absolute atomic E-state index is 13.4. The van der Waals surface area contributed by atoms with Gasteiger partial charge in [0, 0.05) is 32.0 Å². The van der Waals surface area contributed by atoms with Gasteiger partial charge in [0.1, 0.15) is 23.3 Å². The van der Waals surface area contributed by atoms with Crippen LogP contribution in [0.3, 0.4) is 0 Å². The van der Waals surface area contributed by atoms with E-state index < -0.39 is 18.8 Å². The Kier molecular flexibility index (Phi) is 5.63. The highest BCUT2D eigenvalue weighted by atomic mass is 19.4. The van der Waals surface area contributed by atoms with Gasteiger partial charge in [0.15, 0.2) is 0 Å². The number of H-pyrrole nitrogens is 1. The van der Waals surface area contributed by atoms with Crippen LogP contribution in [-0.2, 0) is 6.54 Å². The van der Waals surface area contributed by atoms with E-state index in [9.17, 15) is 18.3 Å². The summed E-state index contributed by atoms with van der Waals surface area (Å²) in [4.78, 5) is 6.50. The van der Waals surface area contributed by atoms with Crippen molar-refractivity contribution in [2.75, 3.05) is 18.5 Å². The Balaban J connectivity index is 2.05. The Hall–Kier alpha value is -3.41. The number of hydrogen-bond donors (Lipinski definition) is 4. The molecule has 3 aromatic rings. The van der Waals surface area contributed by atoms with Gasteiger partial charge in [-0.1, -0.05) is 0 Å². The van der Waals surface area contributed by atoms with Gasteiger partial charge < -0.3 is 20.7 Å². The van der Waals surface area contributed by atoms with Gasteiger partial charge in [-0.15, -0.1) is 0 Å². The molecule has 0 radical (unpaired) electrons. The summed E-state index contributed by atoms with van der Waals surface area (Å²) in [6.45, 7) is 0.903. The molecule has 1 aliphatic rings. The van der Waals surface area contributed by atoms with Crippen molar-refractivity contribution in [2.24, 2.45) is 0 Å². The molecular formula is C20H23F3N8O. The summed E-state index contributed by atoms with van der Waals surface area (Å²) in [6.07, 6.45) is -0.495. The van der Waals surface area contributed by atoms with Crippen LogP contribution in [0.5, 0.6) is 0 Å². The van der Waals surface area contributed by atoms with Gasteiger partial charge in [0.2, 0.25) is 0 Å². The van der Waals surface area contributed by atoms with Crippen LogP contribution in [0, 0.1) is 5.41 Å². The van der Waals surface area contributed by atoms with Crippen molar-refractivity contribution in [3.05, 3.63) is 30.1 Å². The first-order chi connectivity index (χ1) is 15.2. The van der Waals surface area contributed by atoms with Crippen molar-refractivity contribution in [1.82, 2.24) is 30.3 Å². The van der Waals surface area contributed by atoms with E-state index in [-0.39, 0.29) is 29.3 Å². The minimum Gasteiger partial charge on any atom is -0.391 e. The second kappa shape index (κ2) is 8.26. The van der Waals surface area contributed by atoms with Crippen molar-refractivity contribution >= 4 is 28.6 Å². The molecule has 170 valence electrons. The molecule has 4 rings (SSSR count). The largest absolute Gasteiger partial charge is 0.408 e. The Morgan fingerprint density at radius 1 is 1.44 bits per heavy atom. The molecule has 4 N–H and O–H groups in total. The summed E-state index contributed by atoms with van der Waals surface area (Å²) in [7, 11) is 1.67. The van der Waals surface area contributed by atoms with Crippen LogP contribution in [0.4, 0.5) is 18.9 Å². The number of fused-ring (bicyclic) bond motifs is 1. The SMILES string of the molecule is CN/C(=C\C=N)c1cc(N2C[C@@H](O)C[C@H]2C)c2c(n1)c(-c1ccn[nH]1)nn2CC(F)(F)F. The molecule has 0 saturated carbocycles. The molecule has 1 saturated heterocycles. The molecule has 3 aromatic heterocycles. The molecule has 0 bridgehead atoms. The number of halogens is 3. The van der Waals surface area contributed by atoms with Crippen LogP contribution < -0.4 is 10.2 Å². The van der Waals surface area contributed by atoms with Crippen molar-refractivity contribution in [3.63, 3.8) is 0 Å². The quantitative estimate of drug-likeness (QED) is 0.431. The summed E-state index contributed by atoms with van der Waals surface area (Å²) in [6, 6.07) is 3.19. The average Bonchev–Trinajstić information content (AvgIpc) is 3.44. The molecule has 0 aromatic carbocycles. The van der Waals surface area contributed by atoms with Gasteiger partial charge >= 0.3 is 6.18 Å². The van der Waals surface area contributed by atoms with E-state index in [1.165, 1.54) is 12.3 Å². The number of alkyl halides is 3. The Morgan fingerprint density at radius 2 is 2.22 bits per heavy atom. The number of hydrogen-bond acceptors (Lipinski definition) is 7. The van der Waals surface area contributed by atoms with Gasteiger partial charge in [0.05, 0.1) is 28.9 Å². The number of β-amino-alcohol motifs (C(OH)–C–C–N with tert-alkyl or cyclic N) is 1.